The Balaban J connectivity index is 2.62. The maximum atomic E-state index is 11.5. The van der Waals surface area contributed by atoms with Gasteiger partial charge >= 0.3 is 5.97 Å². The number of hydrogen-bond donors (Lipinski definition) is 0. The lowest BCUT2D eigenvalue weighted by Crippen LogP contribution is -2.24. The molecule has 84 valence electrons. The Morgan fingerprint density at radius 1 is 1.06 bits per heavy atom. The van der Waals surface area contributed by atoms with E-state index >= 15 is 0 Å². The summed E-state index contributed by atoms with van der Waals surface area (Å²) in [7, 11) is 2.93. The number of benzene rings is 1. The van der Waals surface area contributed by atoms with Crippen LogP contribution >= 0.6 is 0 Å². The van der Waals surface area contributed by atoms with Gasteiger partial charge in [-0.05, 0) is 12.1 Å². The van der Waals surface area contributed by atoms with Crippen LogP contribution in [0.2, 0.25) is 0 Å². The van der Waals surface area contributed by atoms with Crippen LogP contribution in [0.25, 0.3) is 0 Å². The molecule has 0 saturated heterocycles. The van der Waals surface area contributed by atoms with E-state index in [1.54, 1.807) is 0 Å². The van der Waals surface area contributed by atoms with Gasteiger partial charge in [0, 0.05) is 5.56 Å². The predicted molar refractivity (Wildman–Crippen MR) is 54.2 cm³/mol. The maximum Gasteiger partial charge on any atom is 0.339 e. The number of fused-ring (bicyclic) bond motifs is 1. The number of carbonyl (C=O) groups is 2. The molecule has 1 aromatic rings. The number of esters is 1. The van der Waals surface area contributed by atoms with Gasteiger partial charge in [-0.25, -0.2) is 4.79 Å². The van der Waals surface area contributed by atoms with Gasteiger partial charge in [-0.1, -0.05) is 0 Å². The molecular weight excluding hydrogens is 212 g/mol. The molecule has 1 aliphatic rings. The molecule has 0 amide bonds. The third-order valence-electron chi connectivity index (χ3n) is 2.38. The number of cyclic esters (lactones) is 1. The lowest BCUT2D eigenvalue weighted by molar-refractivity contribution is 0.0442. The van der Waals surface area contributed by atoms with Crippen molar-refractivity contribution >= 4 is 11.8 Å². The third kappa shape index (κ3) is 1.50. The second kappa shape index (κ2) is 3.84. The lowest BCUT2D eigenvalue weighted by atomic mass is 10.0. The van der Waals surface area contributed by atoms with Gasteiger partial charge in [0.25, 0.3) is 0 Å². The Kier molecular flexibility index (Phi) is 2.52. The van der Waals surface area contributed by atoms with Gasteiger partial charge in [0.15, 0.2) is 18.1 Å². The van der Waals surface area contributed by atoms with Crippen LogP contribution in [-0.2, 0) is 4.74 Å². The SMILES string of the molecule is COc1cc2c(cc1OC)C(=O)OCC2=O. The average molecular weight is 222 g/mol. The van der Waals surface area contributed by atoms with Crippen molar-refractivity contribution in [1.29, 1.82) is 0 Å². The molecule has 0 saturated carbocycles. The number of carbonyl (C=O) groups excluding carboxylic acids is 2. The molecule has 0 N–H and O–H groups in total. The van der Waals surface area contributed by atoms with Crippen molar-refractivity contribution in [3.05, 3.63) is 23.3 Å². The van der Waals surface area contributed by atoms with E-state index < -0.39 is 5.97 Å². The quantitative estimate of drug-likeness (QED) is 0.700. The molecule has 1 aliphatic heterocycles. The Labute approximate surface area is 91.9 Å². The number of ketones is 1. The molecule has 0 aromatic heterocycles. The number of ether oxygens (including phenoxy) is 3. The third-order valence-corrected chi connectivity index (χ3v) is 2.38. The van der Waals surface area contributed by atoms with Crippen LogP contribution < -0.4 is 9.47 Å². The predicted octanol–water partition coefficient (Wildman–Crippen LogP) is 1.06. The summed E-state index contributed by atoms with van der Waals surface area (Å²) in [5.74, 6) is 0.0586. The minimum atomic E-state index is -0.518. The highest BCUT2D eigenvalue weighted by molar-refractivity contribution is 6.11. The fourth-order valence-electron chi connectivity index (χ4n) is 1.57. The number of Topliss-reactive ketones (excluding diaryl/α,β-unsaturated/α-hetero) is 1. The van der Waals surface area contributed by atoms with E-state index in [1.165, 1.54) is 26.4 Å². The Hall–Kier alpha value is -2.04. The molecule has 0 atom stereocenters. The summed E-state index contributed by atoms with van der Waals surface area (Å²) >= 11 is 0. The molecule has 0 bridgehead atoms. The molecule has 5 nitrogen and oxygen atoms in total. The summed E-state index contributed by atoms with van der Waals surface area (Å²) in [6, 6.07) is 2.95. The van der Waals surface area contributed by atoms with Gasteiger partial charge in [0.2, 0.25) is 5.78 Å². The average Bonchev–Trinajstić information content (AvgIpc) is 2.32. The molecule has 16 heavy (non-hydrogen) atoms. The van der Waals surface area contributed by atoms with E-state index in [0.717, 1.165) is 0 Å². The number of rotatable bonds is 2. The van der Waals surface area contributed by atoms with Gasteiger partial charge in [-0.15, -0.1) is 0 Å². The van der Waals surface area contributed by atoms with Crippen LogP contribution in [0.3, 0.4) is 0 Å². The molecule has 0 fully saturated rings. The molecule has 2 rings (SSSR count). The van der Waals surface area contributed by atoms with Crippen molar-refractivity contribution in [1.82, 2.24) is 0 Å². The fraction of sp³-hybridized carbons (Fsp3) is 0.273. The van der Waals surface area contributed by atoms with E-state index in [4.69, 9.17) is 14.2 Å². The normalized spacial score (nSPS) is 14.1. The van der Waals surface area contributed by atoms with Crippen molar-refractivity contribution in [3.63, 3.8) is 0 Å². The summed E-state index contributed by atoms with van der Waals surface area (Å²) in [5.41, 5.74) is 0.530. The molecule has 0 aliphatic carbocycles. The van der Waals surface area contributed by atoms with Crippen molar-refractivity contribution in [2.24, 2.45) is 0 Å². The molecule has 0 unspecified atom stereocenters. The van der Waals surface area contributed by atoms with Crippen molar-refractivity contribution in [2.75, 3.05) is 20.8 Å². The highest BCUT2D eigenvalue weighted by atomic mass is 16.5. The van der Waals surface area contributed by atoms with E-state index in [2.05, 4.69) is 0 Å². The van der Waals surface area contributed by atoms with Crippen LogP contribution in [-0.4, -0.2) is 32.6 Å². The summed E-state index contributed by atoms with van der Waals surface area (Å²) in [6.45, 7) is -0.221. The standard InChI is InChI=1S/C11H10O5/c1-14-9-3-6-7(4-10(9)15-2)11(13)16-5-8(6)12/h3-4H,5H2,1-2H3. The minimum Gasteiger partial charge on any atom is -0.493 e. The summed E-state index contributed by atoms with van der Waals surface area (Å²) in [5, 5.41) is 0. The molecule has 0 spiro atoms. The molecule has 1 aromatic carbocycles. The zero-order valence-electron chi connectivity index (χ0n) is 8.90. The van der Waals surface area contributed by atoms with E-state index in [1.807, 2.05) is 0 Å². The van der Waals surface area contributed by atoms with Crippen molar-refractivity contribution in [3.8, 4) is 11.5 Å². The van der Waals surface area contributed by atoms with Gasteiger partial charge in [-0.2, -0.15) is 0 Å². The van der Waals surface area contributed by atoms with Crippen LogP contribution in [0.4, 0.5) is 0 Å². The summed E-state index contributed by atoms with van der Waals surface area (Å²) in [4.78, 5) is 23.0. The first kappa shape index (κ1) is 10.5. The van der Waals surface area contributed by atoms with Gasteiger partial charge in [0.1, 0.15) is 0 Å². The molecular formula is C11H10O5. The van der Waals surface area contributed by atoms with Gasteiger partial charge in [0.05, 0.1) is 19.8 Å². The van der Waals surface area contributed by atoms with E-state index in [-0.39, 0.29) is 18.0 Å². The van der Waals surface area contributed by atoms with Crippen LogP contribution in [0.15, 0.2) is 12.1 Å². The second-order valence-electron chi connectivity index (χ2n) is 3.25. The second-order valence-corrected chi connectivity index (χ2v) is 3.25. The zero-order valence-corrected chi connectivity index (χ0v) is 8.90. The Morgan fingerprint density at radius 2 is 1.62 bits per heavy atom. The number of hydrogen-bond acceptors (Lipinski definition) is 5. The van der Waals surface area contributed by atoms with Gasteiger partial charge < -0.3 is 14.2 Å². The van der Waals surface area contributed by atoms with Crippen LogP contribution in [0.1, 0.15) is 20.7 Å². The molecule has 0 radical (unpaired) electrons. The van der Waals surface area contributed by atoms with Crippen LogP contribution in [0, 0.1) is 0 Å². The number of methoxy groups -OCH3 is 2. The fourth-order valence-corrected chi connectivity index (χ4v) is 1.57. The Bertz CT molecular complexity index is 421. The Morgan fingerprint density at radius 3 is 2.19 bits per heavy atom. The first-order chi connectivity index (χ1) is 7.67. The maximum absolute atomic E-state index is 11.5. The smallest absolute Gasteiger partial charge is 0.339 e. The lowest BCUT2D eigenvalue weighted by Gasteiger charge is -2.17. The van der Waals surface area contributed by atoms with Gasteiger partial charge in [-0.3, -0.25) is 4.79 Å². The highest BCUT2D eigenvalue weighted by Gasteiger charge is 2.27. The summed E-state index contributed by atoms with van der Waals surface area (Å²) < 4.78 is 14.8. The first-order valence-electron chi connectivity index (χ1n) is 4.63. The van der Waals surface area contributed by atoms with Crippen LogP contribution in [0.5, 0.6) is 11.5 Å². The van der Waals surface area contributed by atoms with E-state index in [0.29, 0.717) is 17.1 Å². The largest absolute Gasteiger partial charge is 0.493 e. The van der Waals surface area contributed by atoms with E-state index in [9.17, 15) is 9.59 Å². The topological polar surface area (TPSA) is 61.8 Å². The monoisotopic (exact) mass is 222 g/mol. The highest BCUT2D eigenvalue weighted by Crippen LogP contribution is 2.32. The summed E-state index contributed by atoms with van der Waals surface area (Å²) in [6.07, 6.45) is 0. The van der Waals surface area contributed by atoms with Crippen molar-refractivity contribution in [2.45, 2.75) is 0 Å². The first-order valence-corrected chi connectivity index (χ1v) is 4.63. The zero-order chi connectivity index (χ0) is 11.7. The molecule has 1 heterocycles. The molecule has 5 heteroatoms. The van der Waals surface area contributed by atoms with Crippen molar-refractivity contribution < 1.29 is 23.8 Å². The minimum absolute atomic E-state index is 0.217.